The monoisotopic (exact) mass is 462 g/mol. The fourth-order valence-corrected chi connectivity index (χ4v) is 4.16. The van der Waals surface area contributed by atoms with E-state index in [0.717, 1.165) is 0 Å². The molecular weight excluding hydrogens is 436 g/mol. The number of rotatable bonds is 11. The molecule has 1 aliphatic carbocycles. The average Bonchev–Trinajstić information content (AvgIpc) is 3.48. The molecule has 1 heterocycles. The molecule has 0 bridgehead atoms. The molecule has 1 aromatic carbocycles. The van der Waals surface area contributed by atoms with Crippen LogP contribution < -0.4 is 27.1 Å². The molecule has 1 aliphatic rings. The van der Waals surface area contributed by atoms with Crippen molar-refractivity contribution >= 4 is 21.9 Å². The van der Waals surface area contributed by atoms with Gasteiger partial charge in [-0.3, -0.25) is 9.59 Å². The van der Waals surface area contributed by atoms with Crippen LogP contribution in [0.15, 0.2) is 58.6 Å². The van der Waals surface area contributed by atoms with E-state index in [2.05, 4.69) is 15.2 Å². The van der Waals surface area contributed by atoms with Gasteiger partial charge in [0.25, 0.3) is 5.56 Å². The quantitative estimate of drug-likeness (QED) is 0.195. The van der Waals surface area contributed by atoms with Crippen LogP contribution >= 0.6 is 0 Å². The lowest BCUT2D eigenvalue weighted by molar-refractivity contribution is -0.123. The topological polar surface area (TPSA) is 171 Å². The van der Waals surface area contributed by atoms with Crippen LogP contribution in [-0.4, -0.2) is 37.0 Å². The third-order valence-electron chi connectivity index (χ3n) is 4.86. The zero-order chi connectivity index (χ0) is 23.2. The molecule has 6 N–H and O–H groups in total. The molecule has 1 saturated carbocycles. The van der Waals surface area contributed by atoms with E-state index in [1.165, 1.54) is 16.8 Å². The van der Waals surface area contributed by atoms with E-state index in [-0.39, 0.29) is 42.9 Å². The Kier molecular flexibility index (Phi) is 7.15. The van der Waals surface area contributed by atoms with Crippen molar-refractivity contribution in [1.29, 1.82) is 0 Å². The van der Waals surface area contributed by atoms with Crippen LogP contribution in [0.25, 0.3) is 0 Å². The van der Waals surface area contributed by atoms with Crippen LogP contribution in [-0.2, 0) is 38.5 Å². The highest BCUT2D eigenvalue weighted by Gasteiger charge is 2.45. The molecule has 0 atom stereocenters. The first-order valence-electron chi connectivity index (χ1n) is 9.90. The molecule has 0 radical (unpaired) electrons. The van der Waals surface area contributed by atoms with Crippen molar-refractivity contribution in [2.75, 3.05) is 6.61 Å². The largest absolute Gasteiger partial charge is 0.390 e. The molecule has 12 heteroatoms. The number of pyridine rings is 1. The summed E-state index contributed by atoms with van der Waals surface area (Å²) in [5.74, 6) is -0.782. The lowest BCUT2D eigenvalue weighted by Crippen LogP contribution is -2.43. The van der Waals surface area contributed by atoms with Gasteiger partial charge < -0.3 is 26.2 Å². The van der Waals surface area contributed by atoms with Gasteiger partial charge in [-0.15, -0.1) is 0 Å². The van der Waals surface area contributed by atoms with Crippen molar-refractivity contribution < 1.29 is 18.0 Å². The van der Waals surface area contributed by atoms with Crippen molar-refractivity contribution in [1.82, 2.24) is 14.6 Å². The first-order valence-corrected chi connectivity index (χ1v) is 11.5. The summed E-state index contributed by atoms with van der Waals surface area (Å²) >= 11 is 0. The van der Waals surface area contributed by atoms with Crippen molar-refractivity contribution in [2.45, 2.75) is 37.2 Å². The van der Waals surface area contributed by atoms with E-state index in [4.69, 9.17) is 16.3 Å². The van der Waals surface area contributed by atoms with Crippen LogP contribution in [0, 0.1) is 0 Å². The number of hydrogen-bond donors (Lipinski definition) is 4. The van der Waals surface area contributed by atoms with Gasteiger partial charge >= 0.3 is 0 Å². The first kappa shape index (κ1) is 23.3. The Balaban J connectivity index is 1.57. The van der Waals surface area contributed by atoms with Crippen molar-refractivity contribution in [3.8, 4) is 0 Å². The molecule has 2 aromatic rings. The standard InChI is InChI=1S/C20H26N6O5S/c21-19(22)25-31-14-20(8-9-20)24-17(27)12-26-10-4-7-16(18(26)28)11-23-32(29,30)13-15-5-2-1-3-6-15/h1-7,10,23H,8-9,11-14H2,(H,24,27)(H4,21,22,25). The van der Waals surface area contributed by atoms with E-state index in [9.17, 15) is 18.0 Å². The number of nitrogens with zero attached hydrogens (tertiary/aromatic N) is 2. The maximum Gasteiger partial charge on any atom is 0.255 e. The molecule has 0 spiro atoms. The lowest BCUT2D eigenvalue weighted by Gasteiger charge is -2.16. The second-order valence-corrected chi connectivity index (χ2v) is 9.46. The third-order valence-corrected chi connectivity index (χ3v) is 6.16. The Labute approximate surface area is 185 Å². The number of amides is 1. The second kappa shape index (κ2) is 9.83. The third kappa shape index (κ3) is 6.82. The van der Waals surface area contributed by atoms with Gasteiger partial charge in [0.05, 0.1) is 11.3 Å². The van der Waals surface area contributed by atoms with Crippen molar-refractivity contribution in [3.63, 3.8) is 0 Å². The van der Waals surface area contributed by atoms with Crippen LogP contribution in [0.4, 0.5) is 0 Å². The summed E-state index contributed by atoms with van der Waals surface area (Å²) in [6.45, 7) is -0.269. The predicted molar refractivity (Wildman–Crippen MR) is 118 cm³/mol. The maximum atomic E-state index is 12.7. The summed E-state index contributed by atoms with van der Waals surface area (Å²) in [5.41, 5.74) is 10.3. The number of nitrogens with one attached hydrogen (secondary N) is 2. The molecule has 1 amide bonds. The number of guanidine groups is 1. The minimum atomic E-state index is -3.64. The van der Waals surface area contributed by atoms with E-state index in [1.54, 1.807) is 36.4 Å². The smallest absolute Gasteiger partial charge is 0.255 e. The van der Waals surface area contributed by atoms with Crippen LogP contribution in [0.1, 0.15) is 24.0 Å². The molecule has 11 nitrogen and oxygen atoms in total. The maximum absolute atomic E-state index is 12.7. The molecule has 0 unspecified atom stereocenters. The summed E-state index contributed by atoms with van der Waals surface area (Å²) < 4.78 is 28.3. The van der Waals surface area contributed by atoms with Crippen LogP contribution in [0.2, 0.25) is 0 Å². The highest BCUT2D eigenvalue weighted by molar-refractivity contribution is 7.88. The Hall–Kier alpha value is -3.38. The summed E-state index contributed by atoms with van der Waals surface area (Å²) in [7, 11) is -3.64. The van der Waals surface area contributed by atoms with Gasteiger partial charge in [-0.2, -0.15) is 0 Å². The molecular formula is C20H26N6O5S. The van der Waals surface area contributed by atoms with Gasteiger partial charge in [0.2, 0.25) is 21.9 Å². The van der Waals surface area contributed by atoms with E-state index < -0.39 is 21.1 Å². The lowest BCUT2D eigenvalue weighted by atomic mass is 10.2. The first-order chi connectivity index (χ1) is 15.2. The van der Waals surface area contributed by atoms with Gasteiger partial charge in [-0.25, -0.2) is 13.1 Å². The summed E-state index contributed by atoms with van der Waals surface area (Å²) in [6, 6.07) is 11.8. The van der Waals surface area contributed by atoms with Gasteiger partial charge in [0.1, 0.15) is 13.2 Å². The van der Waals surface area contributed by atoms with Gasteiger partial charge in [-0.05, 0) is 29.6 Å². The molecule has 172 valence electrons. The Morgan fingerprint density at radius 2 is 1.88 bits per heavy atom. The van der Waals surface area contributed by atoms with Crippen LogP contribution in [0.3, 0.4) is 0 Å². The molecule has 1 fully saturated rings. The number of aromatic nitrogens is 1. The van der Waals surface area contributed by atoms with Crippen molar-refractivity contribution in [2.24, 2.45) is 16.6 Å². The molecule has 1 aromatic heterocycles. The number of hydrogen-bond acceptors (Lipinski definition) is 6. The predicted octanol–water partition coefficient (Wildman–Crippen LogP) is -0.678. The Bertz CT molecular complexity index is 1140. The van der Waals surface area contributed by atoms with E-state index in [0.29, 0.717) is 18.4 Å². The molecule has 32 heavy (non-hydrogen) atoms. The highest BCUT2D eigenvalue weighted by Crippen LogP contribution is 2.35. The van der Waals surface area contributed by atoms with E-state index in [1.807, 2.05) is 0 Å². The normalized spacial score (nSPS) is 14.4. The summed E-state index contributed by atoms with van der Waals surface area (Å²) in [5, 5.41) is 6.28. The highest BCUT2D eigenvalue weighted by atomic mass is 32.2. The minimum Gasteiger partial charge on any atom is -0.390 e. The minimum absolute atomic E-state index is 0.120. The zero-order valence-electron chi connectivity index (χ0n) is 17.4. The van der Waals surface area contributed by atoms with Gasteiger partial charge in [-0.1, -0.05) is 36.4 Å². The fraction of sp³-hybridized carbons (Fsp3) is 0.350. The SMILES string of the molecule is NC(N)=NOCC1(NC(=O)Cn2cccc(CNS(=O)(=O)Cc3ccccc3)c2=O)CC1. The Morgan fingerprint density at radius 3 is 2.53 bits per heavy atom. The van der Waals surface area contributed by atoms with Gasteiger partial charge in [0.15, 0.2) is 0 Å². The van der Waals surface area contributed by atoms with Crippen LogP contribution in [0.5, 0.6) is 0 Å². The van der Waals surface area contributed by atoms with E-state index >= 15 is 0 Å². The fourth-order valence-electron chi connectivity index (χ4n) is 3.05. The molecule has 3 rings (SSSR count). The molecule has 0 aliphatic heterocycles. The number of nitrogens with two attached hydrogens (primary N) is 2. The number of benzene rings is 1. The average molecular weight is 463 g/mol. The zero-order valence-corrected chi connectivity index (χ0v) is 18.2. The second-order valence-electron chi connectivity index (χ2n) is 7.65. The summed E-state index contributed by atoms with van der Waals surface area (Å²) in [4.78, 5) is 30.1. The van der Waals surface area contributed by atoms with Crippen molar-refractivity contribution in [3.05, 3.63) is 70.1 Å². The number of carbonyl (C=O) groups is 1. The number of oxime groups is 1. The molecule has 0 saturated heterocycles. The number of carbonyl (C=O) groups excluding carboxylic acids is 1. The van der Waals surface area contributed by atoms with Gasteiger partial charge in [0, 0.05) is 18.3 Å². The Morgan fingerprint density at radius 1 is 1.16 bits per heavy atom. The summed E-state index contributed by atoms with van der Waals surface area (Å²) in [6.07, 6.45) is 2.88. The number of sulfonamides is 1.